The van der Waals surface area contributed by atoms with Crippen molar-refractivity contribution in [3.8, 4) is 5.75 Å². The Bertz CT molecular complexity index is 932. The first-order valence-corrected chi connectivity index (χ1v) is 10.6. The van der Waals surface area contributed by atoms with Gasteiger partial charge in [-0.25, -0.2) is 20.6 Å². The number of esters is 2. The van der Waals surface area contributed by atoms with Crippen molar-refractivity contribution in [1.82, 2.24) is 5.01 Å². The summed E-state index contributed by atoms with van der Waals surface area (Å²) >= 11 is 1.19. The third-order valence-corrected chi connectivity index (χ3v) is 4.76. The number of nitrogens with zero attached hydrogens (tertiary/aromatic N) is 3. The van der Waals surface area contributed by atoms with Crippen LogP contribution in [0.2, 0.25) is 0 Å². The summed E-state index contributed by atoms with van der Waals surface area (Å²) in [7, 11) is 0. The highest BCUT2D eigenvalue weighted by Crippen LogP contribution is 2.29. The zero-order valence-electron chi connectivity index (χ0n) is 17.6. The highest BCUT2D eigenvalue weighted by atomic mass is 32.2. The molecule has 0 fully saturated rings. The Kier molecular flexibility index (Phi) is 8.39. The van der Waals surface area contributed by atoms with Gasteiger partial charge in [-0.1, -0.05) is 0 Å². The number of allylic oxidation sites excluding steroid dienone is 1. The van der Waals surface area contributed by atoms with Crippen molar-refractivity contribution < 1.29 is 28.7 Å². The summed E-state index contributed by atoms with van der Waals surface area (Å²) < 4.78 is 15.7. The van der Waals surface area contributed by atoms with Crippen LogP contribution in [0.3, 0.4) is 0 Å². The molecule has 2 rings (SSSR count). The first-order chi connectivity index (χ1) is 14.7. The Morgan fingerprint density at radius 1 is 1.26 bits per heavy atom. The lowest BCUT2D eigenvalue weighted by molar-refractivity contribution is -0.419. The zero-order valence-corrected chi connectivity index (χ0v) is 18.4. The molecule has 1 aliphatic heterocycles. The van der Waals surface area contributed by atoms with Gasteiger partial charge < -0.3 is 14.2 Å². The minimum absolute atomic E-state index is 0.113. The van der Waals surface area contributed by atoms with E-state index < -0.39 is 34.5 Å². The molecule has 0 aromatic heterocycles. The van der Waals surface area contributed by atoms with Gasteiger partial charge in [-0.3, -0.25) is 14.9 Å². The van der Waals surface area contributed by atoms with Gasteiger partial charge in [0.25, 0.3) is 5.88 Å². The van der Waals surface area contributed by atoms with Gasteiger partial charge in [0, 0.05) is 0 Å². The van der Waals surface area contributed by atoms with Crippen molar-refractivity contribution in [1.29, 1.82) is 0 Å². The molecule has 1 heterocycles. The Morgan fingerprint density at radius 2 is 1.94 bits per heavy atom. The average Bonchev–Trinajstić information content (AvgIpc) is 2.69. The van der Waals surface area contributed by atoms with Gasteiger partial charge >= 0.3 is 17.6 Å². The molecule has 0 saturated heterocycles. The number of carbonyl (C=O) groups excluding carboxylic acids is 2. The van der Waals surface area contributed by atoms with Crippen LogP contribution in [-0.2, 0) is 14.3 Å². The molecule has 1 unspecified atom stereocenters. The number of hydrazine groups is 1. The Hall–Kier alpha value is -3.12. The van der Waals surface area contributed by atoms with Crippen LogP contribution >= 0.6 is 11.8 Å². The monoisotopic (exact) mass is 452 g/mol. The van der Waals surface area contributed by atoms with Crippen LogP contribution in [0.5, 0.6) is 5.75 Å². The maximum absolute atomic E-state index is 12.1. The molecule has 1 atom stereocenters. The molecule has 11 nitrogen and oxygen atoms in total. The van der Waals surface area contributed by atoms with Crippen molar-refractivity contribution >= 4 is 29.4 Å². The van der Waals surface area contributed by atoms with Crippen molar-refractivity contribution in [3.63, 3.8) is 0 Å². The van der Waals surface area contributed by atoms with E-state index in [2.05, 4.69) is 4.99 Å². The van der Waals surface area contributed by atoms with E-state index in [0.29, 0.717) is 5.56 Å². The van der Waals surface area contributed by atoms with Gasteiger partial charge in [-0.15, -0.1) is 11.8 Å². The minimum Gasteiger partial charge on any atom is -0.466 e. The van der Waals surface area contributed by atoms with Crippen LogP contribution in [0.25, 0.3) is 0 Å². The second kappa shape index (κ2) is 10.8. The molecule has 0 bridgehead atoms. The van der Waals surface area contributed by atoms with E-state index in [1.807, 2.05) is 0 Å². The fraction of sp³-hybridized carbons (Fsp3) is 0.421. The second-order valence-corrected chi connectivity index (χ2v) is 7.19. The lowest BCUT2D eigenvalue weighted by Gasteiger charge is -2.30. The summed E-state index contributed by atoms with van der Waals surface area (Å²) in [6, 6.07) is 4.59. The van der Waals surface area contributed by atoms with Crippen molar-refractivity contribution in [2.45, 2.75) is 32.7 Å². The van der Waals surface area contributed by atoms with E-state index in [0.717, 1.165) is 5.01 Å². The Labute approximate surface area is 183 Å². The molecule has 0 spiro atoms. The molecule has 1 aliphatic rings. The number of aliphatic imine (C=N–C) groups is 1. The molecule has 12 heteroatoms. The highest BCUT2D eigenvalue weighted by Gasteiger charge is 2.39. The fourth-order valence-electron chi connectivity index (χ4n) is 2.78. The maximum atomic E-state index is 12.1. The van der Waals surface area contributed by atoms with E-state index in [1.165, 1.54) is 17.8 Å². The lowest BCUT2D eigenvalue weighted by atomic mass is 10.1. The number of hydrogen-bond donors (Lipinski definition) is 1. The molecule has 0 amide bonds. The summed E-state index contributed by atoms with van der Waals surface area (Å²) in [4.78, 5) is 39.4. The van der Waals surface area contributed by atoms with Crippen LogP contribution in [0.1, 0.15) is 36.2 Å². The third-order valence-electron chi connectivity index (χ3n) is 4.00. The molecule has 0 saturated carbocycles. The molecule has 2 N–H and O–H groups in total. The van der Waals surface area contributed by atoms with Gasteiger partial charge in [0.1, 0.15) is 11.5 Å². The summed E-state index contributed by atoms with van der Waals surface area (Å²) in [5.41, 5.74) is -0.540. The maximum Gasteiger partial charge on any atom is 0.352 e. The predicted octanol–water partition coefficient (Wildman–Crippen LogP) is 2.23. The van der Waals surface area contributed by atoms with Crippen LogP contribution in [0, 0.1) is 17.0 Å². The molecule has 0 radical (unpaired) electrons. The van der Waals surface area contributed by atoms with E-state index in [9.17, 15) is 19.7 Å². The van der Waals surface area contributed by atoms with Crippen LogP contribution < -0.4 is 10.6 Å². The first kappa shape index (κ1) is 24.2. The smallest absolute Gasteiger partial charge is 0.352 e. The normalized spacial score (nSPS) is 16.0. The Balaban J connectivity index is 2.51. The number of ether oxygens (including phenoxy) is 3. The van der Waals surface area contributed by atoms with Crippen molar-refractivity contribution in [3.05, 3.63) is 51.0 Å². The Morgan fingerprint density at radius 3 is 2.52 bits per heavy atom. The number of nitro groups is 1. The molecule has 1 aromatic rings. The number of nitrogens with two attached hydrogens (primary N) is 1. The average molecular weight is 452 g/mol. The number of benzene rings is 1. The van der Waals surface area contributed by atoms with Gasteiger partial charge in [-0.2, -0.15) is 0 Å². The van der Waals surface area contributed by atoms with Crippen molar-refractivity contribution in [2.24, 2.45) is 10.8 Å². The van der Waals surface area contributed by atoms with Gasteiger partial charge in [-0.05, 0) is 50.8 Å². The molecular formula is C19H24N4O7S. The third kappa shape index (κ3) is 5.95. The summed E-state index contributed by atoms with van der Waals surface area (Å²) in [6.07, 6.45) is 1.29. The molecule has 168 valence electrons. The topological polar surface area (TPSA) is 147 Å². The number of aryl methyl sites for hydroxylation is 1. The molecule has 31 heavy (non-hydrogen) atoms. The van der Waals surface area contributed by atoms with Crippen LogP contribution in [0.4, 0.5) is 0 Å². The largest absolute Gasteiger partial charge is 0.466 e. The first-order valence-electron chi connectivity index (χ1n) is 9.36. The second-order valence-electron chi connectivity index (χ2n) is 6.29. The number of rotatable bonds is 9. The highest BCUT2D eigenvalue weighted by molar-refractivity contribution is 7.99. The molecular weight excluding hydrogens is 428 g/mol. The van der Waals surface area contributed by atoms with Gasteiger partial charge in [0.05, 0.1) is 30.1 Å². The van der Waals surface area contributed by atoms with E-state index >= 15 is 0 Å². The molecule has 0 aliphatic carbocycles. The van der Waals surface area contributed by atoms with E-state index in [-0.39, 0.29) is 36.1 Å². The lowest BCUT2D eigenvalue weighted by Crippen LogP contribution is -2.45. The quantitative estimate of drug-likeness (QED) is 0.256. The number of hydrogen-bond acceptors (Lipinski definition) is 11. The standard InChI is InChI=1S/C19H24N4O7S/c1-5-28-15(24)10-14-16(23(26)27)17(22(20)19(21-14)31-4)30-13-8-11(3)7-12(9-13)18(25)29-6-2/h7-9,19H,5-6,10,20H2,1-4H3. The minimum atomic E-state index is -0.766. The number of thioether (sulfide) groups is 1. The van der Waals surface area contributed by atoms with Crippen LogP contribution in [0.15, 0.2) is 34.8 Å². The van der Waals surface area contributed by atoms with Gasteiger partial charge in [0.2, 0.25) is 0 Å². The van der Waals surface area contributed by atoms with Gasteiger partial charge in [0.15, 0.2) is 5.50 Å². The van der Waals surface area contributed by atoms with E-state index in [4.69, 9.17) is 20.1 Å². The van der Waals surface area contributed by atoms with E-state index in [1.54, 1.807) is 39.2 Å². The molecule has 1 aromatic carbocycles. The summed E-state index contributed by atoms with van der Waals surface area (Å²) in [5, 5.41) is 12.8. The zero-order chi connectivity index (χ0) is 23.1. The van der Waals surface area contributed by atoms with Crippen molar-refractivity contribution in [2.75, 3.05) is 19.5 Å². The number of carbonyl (C=O) groups is 2. The summed E-state index contributed by atoms with van der Waals surface area (Å²) in [5.74, 6) is 4.67. The predicted molar refractivity (Wildman–Crippen MR) is 114 cm³/mol. The fourth-order valence-corrected chi connectivity index (χ4v) is 3.34. The van der Waals surface area contributed by atoms with Crippen LogP contribution in [-0.4, -0.2) is 52.5 Å². The SMILES string of the molecule is CCOC(=O)CC1=NC(SC)N(N)C(Oc2cc(C)cc(C(=O)OCC)c2)=C1[N+](=O)[O-]. The summed E-state index contributed by atoms with van der Waals surface area (Å²) in [6.45, 7) is 5.37.